The molecule has 190 valence electrons. The fourth-order valence-electron chi connectivity index (χ4n) is 5.93. The number of esters is 1. The Balaban J connectivity index is 1.43. The summed E-state index contributed by atoms with van der Waals surface area (Å²) < 4.78 is 22.1. The lowest BCUT2D eigenvalue weighted by molar-refractivity contribution is -0.147. The molecule has 1 spiro atoms. The summed E-state index contributed by atoms with van der Waals surface area (Å²) in [6, 6.07) is -0.311. The summed E-state index contributed by atoms with van der Waals surface area (Å²) in [5.41, 5.74) is 1.15. The van der Waals surface area contributed by atoms with Gasteiger partial charge >= 0.3 is 5.97 Å². The molecule has 0 radical (unpaired) electrons. The van der Waals surface area contributed by atoms with Crippen molar-refractivity contribution in [1.82, 2.24) is 14.5 Å². The number of hydrogen-bond acceptors (Lipinski definition) is 7. The lowest BCUT2D eigenvalue weighted by Gasteiger charge is -2.41. The van der Waals surface area contributed by atoms with Crippen LogP contribution in [0.2, 0.25) is 0 Å². The minimum Gasteiger partial charge on any atom is -0.457 e. The lowest BCUT2D eigenvalue weighted by Crippen LogP contribution is -2.49. The minimum atomic E-state index is -1.06. The van der Waals surface area contributed by atoms with Gasteiger partial charge in [-0.1, -0.05) is 11.6 Å². The molecule has 1 saturated carbocycles. The average molecular weight is 525 g/mol. The van der Waals surface area contributed by atoms with E-state index in [2.05, 4.69) is 9.98 Å². The number of allylic oxidation sites excluding steroid dienone is 6. The van der Waals surface area contributed by atoms with E-state index in [4.69, 9.17) is 16.3 Å². The zero-order valence-electron chi connectivity index (χ0n) is 19.9. The standard InChI is InChI=1S/C26H22ClFN4O5/c1-31-10-19(30-12-31)20(34)11-37-25(36)16-9-32-21(35)6-26(2-3-26)24(32)15-7-29-8-17(27)23-14(22(15)16)4-13(33)5-18(23)28/h4-5,8,10,12,16,24H,2-3,6-7,9,11H2,1H3/b23-17-,29-8?. The molecule has 1 aromatic heterocycles. The van der Waals surface area contributed by atoms with Gasteiger partial charge in [0, 0.05) is 49.5 Å². The number of rotatable bonds is 4. The van der Waals surface area contributed by atoms with E-state index >= 15 is 4.39 Å². The maximum absolute atomic E-state index is 15.1. The first kappa shape index (κ1) is 23.7. The van der Waals surface area contributed by atoms with Crippen molar-refractivity contribution in [2.75, 3.05) is 19.7 Å². The predicted octanol–water partition coefficient (Wildman–Crippen LogP) is 2.39. The normalized spacial score (nSPS) is 27.7. The first-order valence-corrected chi connectivity index (χ1v) is 12.3. The third-order valence-corrected chi connectivity index (χ3v) is 7.98. The molecule has 2 aliphatic carbocycles. The molecule has 0 aromatic carbocycles. The second-order valence-corrected chi connectivity index (χ2v) is 10.5. The molecule has 0 bridgehead atoms. The number of carbonyl (C=O) groups excluding carboxylic acids is 4. The molecule has 1 aromatic rings. The SMILES string of the molecule is Cn1cnc(C(=O)COC(=O)C2CN3C(=O)CC4(CC4)C3C3=C2C2=CC(=O)C=C(F)/C2=C(\Cl)C=NC3)c1. The van der Waals surface area contributed by atoms with E-state index in [1.165, 1.54) is 24.8 Å². The van der Waals surface area contributed by atoms with Crippen LogP contribution in [0.5, 0.6) is 0 Å². The molecule has 4 heterocycles. The zero-order chi connectivity index (χ0) is 26.1. The number of nitrogens with zero attached hydrogens (tertiary/aromatic N) is 4. The Labute approximate surface area is 216 Å². The number of hydrogen-bond donors (Lipinski definition) is 0. The smallest absolute Gasteiger partial charge is 0.315 e. The van der Waals surface area contributed by atoms with Gasteiger partial charge in [-0.2, -0.15) is 0 Å². The highest BCUT2D eigenvalue weighted by Gasteiger charge is 2.62. The van der Waals surface area contributed by atoms with Crippen molar-refractivity contribution in [2.45, 2.75) is 25.3 Å². The maximum atomic E-state index is 15.1. The van der Waals surface area contributed by atoms with E-state index in [1.54, 1.807) is 16.5 Å². The van der Waals surface area contributed by atoms with E-state index in [0.717, 1.165) is 18.9 Å². The number of aliphatic imine (C=N–C) groups is 1. The van der Waals surface area contributed by atoms with Crippen LogP contribution in [-0.2, 0) is 26.2 Å². The second-order valence-electron chi connectivity index (χ2n) is 10.1. The summed E-state index contributed by atoms with van der Waals surface area (Å²) >= 11 is 6.38. The Hall–Kier alpha value is -3.66. The van der Waals surface area contributed by atoms with E-state index in [0.29, 0.717) is 17.6 Å². The molecule has 2 atom stereocenters. The number of carbonyl (C=O) groups is 4. The summed E-state index contributed by atoms with van der Waals surface area (Å²) in [4.78, 5) is 61.5. The molecule has 2 unspecified atom stereocenters. The largest absolute Gasteiger partial charge is 0.457 e. The fourth-order valence-corrected chi connectivity index (χ4v) is 6.19. The van der Waals surface area contributed by atoms with Gasteiger partial charge in [-0.3, -0.25) is 24.2 Å². The first-order valence-electron chi connectivity index (χ1n) is 11.9. The molecule has 9 nitrogen and oxygen atoms in total. The topological polar surface area (TPSA) is 111 Å². The van der Waals surface area contributed by atoms with Crippen LogP contribution < -0.4 is 0 Å². The van der Waals surface area contributed by atoms with Crippen LogP contribution in [0.15, 0.2) is 62.8 Å². The van der Waals surface area contributed by atoms with Gasteiger partial charge in [-0.15, -0.1) is 0 Å². The molecular weight excluding hydrogens is 503 g/mol. The lowest BCUT2D eigenvalue weighted by atomic mass is 9.74. The molecular formula is C26H22ClFN4O5. The van der Waals surface area contributed by atoms with Gasteiger partial charge in [-0.25, -0.2) is 9.37 Å². The molecule has 5 aliphatic rings. The van der Waals surface area contributed by atoms with Gasteiger partial charge in [0.2, 0.25) is 11.7 Å². The zero-order valence-corrected chi connectivity index (χ0v) is 20.6. The molecule has 37 heavy (non-hydrogen) atoms. The Morgan fingerprint density at radius 3 is 2.76 bits per heavy atom. The van der Waals surface area contributed by atoms with Crippen molar-refractivity contribution in [1.29, 1.82) is 0 Å². The molecule has 3 aliphatic heterocycles. The molecule has 1 amide bonds. The van der Waals surface area contributed by atoms with Crippen LogP contribution in [0, 0.1) is 11.3 Å². The number of aromatic nitrogens is 2. The summed E-state index contributed by atoms with van der Waals surface area (Å²) in [5, 5.41) is 0.00237. The third kappa shape index (κ3) is 3.81. The van der Waals surface area contributed by atoms with Crippen LogP contribution in [0.4, 0.5) is 4.39 Å². The number of fused-ring (bicyclic) bond motifs is 5. The summed E-state index contributed by atoms with van der Waals surface area (Å²) in [5.74, 6) is -3.78. The number of Topliss-reactive ketones (excluding diaryl/α,β-unsaturated/α-hetero) is 1. The van der Waals surface area contributed by atoms with Crippen molar-refractivity contribution in [3.8, 4) is 0 Å². The van der Waals surface area contributed by atoms with Crippen LogP contribution >= 0.6 is 11.6 Å². The summed E-state index contributed by atoms with van der Waals surface area (Å²) in [7, 11) is 1.71. The second kappa shape index (κ2) is 8.44. The maximum Gasteiger partial charge on any atom is 0.315 e. The van der Waals surface area contributed by atoms with Crippen LogP contribution in [0.3, 0.4) is 0 Å². The van der Waals surface area contributed by atoms with Crippen LogP contribution in [0.1, 0.15) is 29.8 Å². The van der Waals surface area contributed by atoms with Gasteiger partial charge < -0.3 is 14.2 Å². The van der Waals surface area contributed by atoms with Crippen molar-refractivity contribution in [2.24, 2.45) is 23.4 Å². The number of amides is 1. The Morgan fingerprint density at radius 2 is 2.05 bits per heavy atom. The minimum absolute atomic E-state index is 0.00237. The molecule has 0 N–H and O–H groups in total. The van der Waals surface area contributed by atoms with Gasteiger partial charge in [0.1, 0.15) is 17.4 Å². The number of ether oxygens (including phenoxy) is 1. The quantitative estimate of drug-likeness (QED) is 0.442. The highest BCUT2D eigenvalue weighted by atomic mass is 35.5. The Bertz CT molecular complexity index is 1440. The average Bonchev–Trinajstić information content (AvgIpc) is 3.38. The van der Waals surface area contributed by atoms with Gasteiger partial charge in [0.15, 0.2) is 12.4 Å². The van der Waals surface area contributed by atoms with E-state index in [9.17, 15) is 19.2 Å². The Morgan fingerprint density at radius 1 is 1.27 bits per heavy atom. The molecule has 11 heteroatoms. The van der Waals surface area contributed by atoms with E-state index in [-0.39, 0.29) is 52.3 Å². The van der Waals surface area contributed by atoms with Gasteiger partial charge in [0.05, 0.1) is 23.9 Å². The number of aryl methyl sites for hydroxylation is 1. The first-order chi connectivity index (χ1) is 17.7. The van der Waals surface area contributed by atoms with Crippen molar-refractivity contribution >= 4 is 41.3 Å². The van der Waals surface area contributed by atoms with Crippen LogP contribution in [0.25, 0.3) is 0 Å². The van der Waals surface area contributed by atoms with Crippen molar-refractivity contribution in [3.63, 3.8) is 0 Å². The number of ketones is 2. The van der Waals surface area contributed by atoms with Crippen molar-refractivity contribution < 1.29 is 28.3 Å². The van der Waals surface area contributed by atoms with Gasteiger partial charge in [-0.05, 0) is 35.6 Å². The highest BCUT2D eigenvalue weighted by molar-refractivity contribution is 6.40. The van der Waals surface area contributed by atoms with Gasteiger partial charge in [0.25, 0.3) is 0 Å². The monoisotopic (exact) mass is 524 g/mol. The molecule has 6 rings (SSSR count). The van der Waals surface area contributed by atoms with E-state index < -0.39 is 35.9 Å². The molecule has 1 saturated heterocycles. The summed E-state index contributed by atoms with van der Waals surface area (Å²) in [6.45, 7) is -0.432. The summed E-state index contributed by atoms with van der Waals surface area (Å²) in [6.07, 6.45) is 8.47. The predicted molar refractivity (Wildman–Crippen MR) is 129 cm³/mol. The van der Waals surface area contributed by atoms with Crippen LogP contribution in [-0.4, -0.2) is 69.8 Å². The highest BCUT2D eigenvalue weighted by Crippen LogP contribution is 2.62. The van der Waals surface area contributed by atoms with Crippen molar-refractivity contribution in [3.05, 3.63) is 63.5 Å². The Kier molecular flexibility index (Phi) is 5.41. The number of imidazole rings is 1. The third-order valence-electron chi connectivity index (χ3n) is 7.69. The van der Waals surface area contributed by atoms with E-state index in [1.807, 2.05) is 0 Å². The fraction of sp³-hybridized carbons (Fsp3) is 0.385. The molecule has 2 fully saturated rings. The number of halogens is 2.